The Labute approximate surface area is 69.2 Å². The minimum atomic E-state index is -0.282. The summed E-state index contributed by atoms with van der Waals surface area (Å²) < 4.78 is 0. The van der Waals surface area contributed by atoms with Gasteiger partial charge in [-0.2, -0.15) is 0 Å². The monoisotopic (exact) mass is 156 g/mol. The number of nitrogens with two attached hydrogens (primary N) is 1. The molecule has 65 valence electrons. The van der Waals surface area contributed by atoms with Crippen molar-refractivity contribution in [3.05, 3.63) is 6.42 Å². The third-order valence-electron chi connectivity index (χ3n) is 1.50. The second kappa shape index (κ2) is 5.30. The SMILES string of the molecule is CC[CH]C(=O)[C@@H](N)CC(C)C. The molecule has 2 heteroatoms. The molecule has 0 aliphatic rings. The van der Waals surface area contributed by atoms with E-state index in [0.29, 0.717) is 5.92 Å². The molecular formula is C9H18NO. The topological polar surface area (TPSA) is 43.1 Å². The van der Waals surface area contributed by atoms with Crippen molar-refractivity contribution in [1.82, 2.24) is 0 Å². The van der Waals surface area contributed by atoms with Crippen molar-refractivity contribution < 1.29 is 4.79 Å². The van der Waals surface area contributed by atoms with E-state index in [9.17, 15) is 4.79 Å². The summed E-state index contributed by atoms with van der Waals surface area (Å²) >= 11 is 0. The first-order chi connectivity index (χ1) is 5.07. The molecule has 0 aromatic heterocycles. The molecule has 1 atom stereocenters. The lowest BCUT2D eigenvalue weighted by molar-refractivity contribution is -0.117. The van der Waals surface area contributed by atoms with E-state index in [0.717, 1.165) is 12.8 Å². The third kappa shape index (κ3) is 4.96. The third-order valence-corrected chi connectivity index (χ3v) is 1.50. The van der Waals surface area contributed by atoms with Gasteiger partial charge in [0.2, 0.25) is 0 Å². The molecule has 11 heavy (non-hydrogen) atoms. The van der Waals surface area contributed by atoms with Gasteiger partial charge in [0.1, 0.15) is 0 Å². The molecule has 0 amide bonds. The van der Waals surface area contributed by atoms with Crippen LogP contribution in [-0.4, -0.2) is 11.8 Å². The maximum Gasteiger partial charge on any atom is 0.153 e. The first kappa shape index (κ1) is 10.6. The number of carbonyl (C=O) groups excluding carboxylic acids is 1. The molecule has 2 N–H and O–H groups in total. The summed E-state index contributed by atoms with van der Waals surface area (Å²) in [6.07, 6.45) is 3.23. The van der Waals surface area contributed by atoms with Crippen LogP contribution in [0, 0.1) is 12.3 Å². The van der Waals surface area contributed by atoms with Gasteiger partial charge in [0.15, 0.2) is 5.78 Å². The molecule has 0 saturated heterocycles. The van der Waals surface area contributed by atoms with Gasteiger partial charge < -0.3 is 5.73 Å². The molecule has 0 aliphatic carbocycles. The van der Waals surface area contributed by atoms with E-state index in [2.05, 4.69) is 13.8 Å². The van der Waals surface area contributed by atoms with Crippen LogP contribution in [-0.2, 0) is 4.79 Å². The largest absolute Gasteiger partial charge is 0.321 e. The molecule has 0 saturated carbocycles. The Kier molecular flexibility index (Phi) is 5.12. The van der Waals surface area contributed by atoms with Gasteiger partial charge in [0.25, 0.3) is 0 Å². The zero-order valence-corrected chi connectivity index (χ0v) is 7.63. The van der Waals surface area contributed by atoms with Crippen LogP contribution in [0.1, 0.15) is 33.6 Å². The Bertz CT molecular complexity index is 121. The van der Waals surface area contributed by atoms with Crippen LogP contribution < -0.4 is 5.73 Å². The number of ketones is 1. The molecule has 0 aromatic carbocycles. The Morgan fingerprint density at radius 1 is 1.55 bits per heavy atom. The maximum absolute atomic E-state index is 11.1. The van der Waals surface area contributed by atoms with Crippen LogP contribution in [0.5, 0.6) is 0 Å². The smallest absolute Gasteiger partial charge is 0.153 e. The van der Waals surface area contributed by atoms with Gasteiger partial charge in [-0.1, -0.05) is 20.8 Å². The predicted octanol–water partition coefficient (Wildman–Crippen LogP) is 1.54. The maximum atomic E-state index is 11.1. The number of rotatable bonds is 5. The molecule has 0 aliphatic heterocycles. The Morgan fingerprint density at radius 2 is 2.09 bits per heavy atom. The summed E-state index contributed by atoms with van der Waals surface area (Å²) in [4.78, 5) is 11.1. The first-order valence-corrected chi connectivity index (χ1v) is 4.20. The zero-order valence-electron chi connectivity index (χ0n) is 7.63. The lowest BCUT2D eigenvalue weighted by Gasteiger charge is -2.11. The number of Topliss-reactive ketones (excluding diaryl/α,β-unsaturated/α-hetero) is 1. The van der Waals surface area contributed by atoms with Gasteiger partial charge in [-0.25, -0.2) is 0 Å². The van der Waals surface area contributed by atoms with E-state index in [1.54, 1.807) is 6.42 Å². The highest BCUT2D eigenvalue weighted by Crippen LogP contribution is 2.05. The summed E-state index contributed by atoms with van der Waals surface area (Å²) in [6.45, 7) is 6.08. The van der Waals surface area contributed by atoms with E-state index >= 15 is 0 Å². The van der Waals surface area contributed by atoms with Crippen LogP contribution in [0.2, 0.25) is 0 Å². The van der Waals surface area contributed by atoms with Crippen LogP contribution in [0.4, 0.5) is 0 Å². The van der Waals surface area contributed by atoms with Crippen molar-refractivity contribution in [2.75, 3.05) is 0 Å². The fourth-order valence-electron chi connectivity index (χ4n) is 0.977. The summed E-state index contributed by atoms with van der Waals surface area (Å²) in [5.41, 5.74) is 5.62. The summed E-state index contributed by atoms with van der Waals surface area (Å²) in [6, 6.07) is -0.282. The van der Waals surface area contributed by atoms with Gasteiger partial charge in [0, 0.05) is 6.42 Å². The standard InChI is InChI=1S/C9H18NO/c1-4-5-9(11)8(10)6-7(2)3/h5,7-8H,4,6,10H2,1-3H3/t8-/m0/s1. The molecule has 0 bridgehead atoms. The molecule has 0 aromatic rings. The normalized spacial score (nSPS) is 13.5. The summed E-state index contributed by atoms with van der Waals surface area (Å²) in [5, 5.41) is 0. The molecule has 0 rings (SSSR count). The van der Waals surface area contributed by atoms with Crippen molar-refractivity contribution >= 4 is 5.78 Å². The quantitative estimate of drug-likeness (QED) is 0.656. The lowest BCUT2D eigenvalue weighted by Crippen LogP contribution is -2.31. The van der Waals surface area contributed by atoms with Crippen LogP contribution >= 0.6 is 0 Å². The first-order valence-electron chi connectivity index (χ1n) is 4.20. The van der Waals surface area contributed by atoms with Crippen molar-refractivity contribution in [3.8, 4) is 0 Å². The molecule has 0 spiro atoms. The van der Waals surface area contributed by atoms with E-state index in [1.807, 2.05) is 6.92 Å². The van der Waals surface area contributed by atoms with E-state index in [4.69, 9.17) is 5.73 Å². The average molecular weight is 156 g/mol. The van der Waals surface area contributed by atoms with Crippen molar-refractivity contribution in [2.24, 2.45) is 11.7 Å². The van der Waals surface area contributed by atoms with Gasteiger partial charge in [-0.15, -0.1) is 0 Å². The van der Waals surface area contributed by atoms with Gasteiger partial charge in [0.05, 0.1) is 6.04 Å². The van der Waals surface area contributed by atoms with Crippen LogP contribution in [0.3, 0.4) is 0 Å². The second-order valence-electron chi connectivity index (χ2n) is 3.25. The van der Waals surface area contributed by atoms with Gasteiger partial charge >= 0.3 is 0 Å². The van der Waals surface area contributed by atoms with Gasteiger partial charge in [-0.3, -0.25) is 4.79 Å². The number of hydrogen-bond acceptors (Lipinski definition) is 2. The minimum Gasteiger partial charge on any atom is -0.321 e. The lowest BCUT2D eigenvalue weighted by atomic mass is 9.99. The second-order valence-corrected chi connectivity index (χ2v) is 3.25. The highest BCUT2D eigenvalue weighted by atomic mass is 16.1. The molecular weight excluding hydrogens is 138 g/mol. The van der Waals surface area contributed by atoms with Crippen LogP contribution in [0.15, 0.2) is 0 Å². The van der Waals surface area contributed by atoms with Crippen LogP contribution in [0.25, 0.3) is 0 Å². The molecule has 0 fully saturated rings. The highest BCUT2D eigenvalue weighted by molar-refractivity contribution is 5.91. The van der Waals surface area contributed by atoms with E-state index < -0.39 is 0 Å². The number of hydrogen-bond donors (Lipinski definition) is 1. The summed E-state index contributed by atoms with van der Waals surface area (Å²) in [5.74, 6) is 0.584. The van der Waals surface area contributed by atoms with Crippen molar-refractivity contribution in [2.45, 2.75) is 39.7 Å². The molecule has 2 nitrogen and oxygen atoms in total. The fourth-order valence-corrected chi connectivity index (χ4v) is 0.977. The highest BCUT2D eigenvalue weighted by Gasteiger charge is 2.13. The minimum absolute atomic E-state index is 0.0844. The Balaban J connectivity index is 3.64. The molecule has 0 unspecified atom stereocenters. The van der Waals surface area contributed by atoms with E-state index in [1.165, 1.54) is 0 Å². The van der Waals surface area contributed by atoms with Gasteiger partial charge in [-0.05, 0) is 18.8 Å². The van der Waals surface area contributed by atoms with Crippen molar-refractivity contribution in [1.29, 1.82) is 0 Å². The zero-order chi connectivity index (χ0) is 8.85. The Hall–Kier alpha value is -0.370. The molecule has 0 heterocycles. The van der Waals surface area contributed by atoms with Crippen molar-refractivity contribution in [3.63, 3.8) is 0 Å². The predicted molar refractivity (Wildman–Crippen MR) is 47.0 cm³/mol. The number of carbonyl (C=O) groups is 1. The average Bonchev–Trinajstić information content (AvgIpc) is 1.86. The van der Waals surface area contributed by atoms with E-state index in [-0.39, 0.29) is 11.8 Å². The Morgan fingerprint density at radius 3 is 2.45 bits per heavy atom. The summed E-state index contributed by atoms with van der Waals surface area (Å²) in [7, 11) is 0. The molecule has 1 radical (unpaired) electrons. The fraction of sp³-hybridized carbons (Fsp3) is 0.778.